The van der Waals surface area contributed by atoms with Crippen molar-refractivity contribution < 1.29 is 4.42 Å². The lowest BCUT2D eigenvalue weighted by atomic mass is 9.91. The average molecular weight is 220 g/mol. The van der Waals surface area contributed by atoms with E-state index in [1.807, 2.05) is 32.9 Å². The summed E-state index contributed by atoms with van der Waals surface area (Å²) in [6.45, 7) is 8.74. The summed E-state index contributed by atoms with van der Waals surface area (Å²) >= 11 is 0. The Bertz CT molecular complexity index is 374. The van der Waals surface area contributed by atoms with Gasteiger partial charge in [-0.25, -0.2) is 0 Å². The van der Waals surface area contributed by atoms with Crippen molar-refractivity contribution in [2.45, 2.75) is 40.2 Å². The minimum absolute atomic E-state index is 0.197. The fraction of sp³-hybridized carbons (Fsp3) is 0.615. The highest BCUT2D eigenvalue weighted by atomic mass is 16.3. The highest BCUT2D eigenvalue weighted by Crippen LogP contribution is 2.19. The predicted molar refractivity (Wildman–Crippen MR) is 63.9 cm³/mol. The summed E-state index contributed by atoms with van der Waals surface area (Å²) in [5.74, 6) is 1.88. The van der Waals surface area contributed by atoms with Crippen molar-refractivity contribution in [1.82, 2.24) is 5.32 Å². The molecule has 0 aliphatic carbocycles. The average Bonchev–Trinajstić information content (AvgIpc) is 2.64. The number of nitrogens with one attached hydrogen (secondary N) is 1. The van der Waals surface area contributed by atoms with Crippen molar-refractivity contribution in [3.05, 3.63) is 23.7 Å². The van der Waals surface area contributed by atoms with Crippen LogP contribution in [0.1, 0.15) is 44.8 Å². The highest BCUT2D eigenvalue weighted by Gasteiger charge is 2.17. The van der Waals surface area contributed by atoms with Gasteiger partial charge in [-0.05, 0) is 52.8 Å². The molecule has 0 aliphatic heterocycles. The number of rotatable bonds is 5. The molecule has 1 heterocycles. The Morgan fingerprint density at radius 3 is 2.69 bits per heavy atom. The molecule has 0 bridgehead atoms. The Labute approximate surface area is 97.5 Å². The molecule has 0 aromatic carbocycles. The van der Waals surface area contributed by atoms with Gasteiger partial charge in [0, 0.05) is 0 Å². The summed E-state index contributed by atoms with van der Waals surface area (Å²) < 4.78 is 5.53. The molecule has 0 saturated carbocycles. The predicted octanol–water partition coefficient (Wildman–Crippen LogP) is 3.18. The molecule has 1 aromatic heterocycles. The molecule has 3 nitrogen and oxygen atoms in total. The highest BCUT2D eigenvalue weighted by molar-refractivity contribution is 5.08. The van der Waals surface area contributed by atoms with E-state index in [4.69, 9.17) is 9.68 Å². The van der Waals surface area contributed by atoms with Gasteiger partial charge in [0.25, 0.3) is 0 Å². The van der Waals surface area contributed by atoms with Gasteiger partial charge in [0.15, 0.2) is 0 Å². The zero-order valence-electron chi connectivity index (χ0n) is 10.5. The third-order valence-electron chi connectivity index (χ3n) is 2.69. The maximum Gasteiger partial charge on any atom is 0.120 e. The zero-order chi connectivity index (χ0) is 12.2. The standard InChI is InChI=1S/C13H20N2O/c1-10-5-6-12(16-10)11(2)15-8-7-13(3,4)9-14/h5-6,11,15H,7-8H2,1-4H3. The monoisotopic (exact) mass is 220 g/mol. The van der Waals surface area contributed by atoms with Crippen LogP contribution in [0, 0.1) is 23.7 Å². The minimum Gasteiger partial charge on any atom is -0.465 e. The second-order valence-electron chi connectivity index (χ2n) is 4.87. The summed E-state index contributed by atoms with van der Waals surface area (Å²) in [7, 11) is 0. The van der Waals surface area contributed by atoms with E-state index in [0.717, 1.165) is 24.5 Å². The Morgan fingerprint density at radius 1 is 1.50 bits per heavy atom. The molecule has 0 saturated heterocycles. The molecular weight excluding hydrogens is 200 g/mol. The van der Waals surface area contributed by atoms with Crippen molar-refractivity contribution in [3.8, 4) is 6.07 Å². The Morgan fingerprint density at radius 2 is 2.19 bits per heavy atom. The Balaban J connectivity index is 2.37. The molecule has 1 aromatic rings. The topological polar surface area (TPSA) is 49.0 Å². The molecule has 16 heavy (non-hydrogen) atoms. The largest absolute Gasteiger partial charge is 0.465 e. The van der Waals surface area contributed by atoms with Gasteiger partial charge in [-0.1, -0.05) is 0 Å². The van der Waals surface area contributed by atoms with Gasteiger partial charge in [0.1, 0.15) is 11.5 Å². The van der Waals surface area contributed by atoms with Gasteiger partial charge in [-0.2, -0.15) is 5.26 Å². The van der Waals surface area contributed by atoms with Gasteiger partial charge < -0.3 is 9.73 Å². The van der Waals surface area contributed by atoms with Crippen LogP contribution in [0.15, 0.2) is 16.5 Å². The molecule has 3 heteroatoms. The number of nitrogens with zero attached hydrogens (tertiary/aromatic N) is 1. The maximum atomic E-state index is 8.88. The Kier molecular flexibility index (Phi) is 4.14. The van der Waals surface area contributed by atoms with Crippen LogP contribution in [-0.4, -0.2) is 6.54 Å². The number of aryl methyl sites for hydroxylation is 1. The lowest BCUT2D eigenvalue weighted by Gasteiger charge is -2.17. The molecule has 0 fully saturated rings. The van der Waals surface area contributed by atoms with Crippen LogP contribution in [0.4, 0.5) is 0 Å². The fourth-order valence-electron chi connectivity index (χ4n) is 1.44. The number of hydrogen-bond donors (Lipinski definition) is 1. The minimum atomic E-state index is -0.258. The first-order valence-corrected chi connectivity index (χ1v) is 5.65. The van der Waals surface area contributed by atoms with E-state index in [2.05, 4.69) is 18.3 Å². The van der Waals surface area contributed by atoms with Gasteiger partial charge in [0.2, 0.25) is 0 Å². The van der Waals surface area contributed by atoms with Crippen molar-refractivity contribution in [3.63, 3.8) is 0 Å². The first-order valence-electron chi connectivity index (χ1n) is 5.65. The van der Waals surface area contributed by atoms with Crippen LogP contribution in [0.25, 0.3) is 0 Å². The van der Waals surface area contributed by atoms with Crippen molar-refractivity contribution in [1.29, 1.82) is 5.26 Å². The van der Waals surface area contributed by atoms with Gasteiger partial charge in [-0.15, -0.1) is 0 Å². The smallest absolute Gasteiger partial charge is 0.120 e. The van der Waals surface area contributed by atoms with Crippen molar-refractivity contribution in [2.24, 2.45) is 5.41 Å². The van der Waals surface area contributed by atoms with Crippen molar-refractivity contribution >= 4 is 0 Å². The number of nitriles is 1. The normalized spacial score (nSPS) is 13.4. The lowest BCUT2D eigenvalue weighted by molar-refractivity contribution is 0.381. The van der Waals surface area contributed by atoms with E-state index in [1.54, 1.807) is 0 Å². The summed E-state index contributed by atoms with van der Waals surface area (Å²) in [5, 5.41) is 12.2. The zero-order valence-corrected chi connectivity index (χ0v) is 10.5. The van der Waals surface area contributed by atoms with Crippen LogP contribution in [0.5, 0.6) is 0 Å². The van der Waals surface area contributed by atoms with Gasteiger partial charge in [-0.3, -0.25) is 0 Å². The van der Waals surface area contributed by atoms with E-state index in [0.29, 0.717) is 0 Å². The number of furan rings is 1. The Hall–Kier alpha value is -1.27. The molecule has 0 aliphatic rings. The quantitative estimate of drug-likeness (QED) is 0.829. The molecule has 0 amide bonds. The van der Waals surface area contributed by atoms with Crippen molar-refractivity contribution in [2.75, 3.05) is 6.54 Å². The van der Waals surface area contributed by atoms with E-state index in [-0.39, 0.29) is 11.5 Å². The van der Waals surface area contributed by atoms with E-state index < -0.39 is 0 Å². The van der Waals surface area contributed by atoms with E-state index in [1.165, 1.54) is 0 Å². The molecule has 1 rings (SSSR count). The van der Waals surface area contributed by atoms with Gasteiger partial charge in [0.05, 0.1) is 17.5 Å². The van der Waals surface area contributed by atoms with Crippen LogP contribution >= 0.6 is 0 Å². The van der Waals surface area contributed by atoms with Crippen LogP contribution < -0.4 is 5.32 Å². The summed E-state index contributed by atoms with van der Waals surface area (Å²) in [6.07, 6.45) is 0.841. The summed E-state index contributed by atoms with van der Waals surface area (Å²) in [5.41, 5.74) is -0.258. The molecule has 0 spiro atoms. The lowest BCUT2D eigenvalue weighted by Crippen LogP contribution is -2.24. The molecule has 1 N–H and O–H groups in total. The van der Waals surface area contributed by atoms with E-state index in [9.17, 15) is 0 Å². The molecule has 0 radical (unpaired) electrons. The van der Waals surface area contributed by atoms with Gasteiger partial charge >= 0.3 is 0 Å². The first kappa shape index (κ1) is 12.8. The molecule has 1 unspecified atom stereocenters. The third kappa shape index (κ3) is 3.71. The summed E-state index contributed by atoms with van der Waals surface area (Å²) in [4.78, 5) is 0. The molecule has 88 valence electrons. The second kappa shape index (κ2) is 5.18. The van der Waals surface area contributed by atoms with Crippen LogP contribution in [0.2, 0.25) is 0 Å². The molecular formula is C13H20N2O. The third-order valence-corrected chi connectivity index (χ3v) is 2.69. The van der Waals surface area contributed by atoms with Crippen LogP contribution in [0.3, 0.4) is 0 Å². The fourth-order valence-corrected chi connectivity index (χ4v) is 1.44. The summed E-state index contributed by atoms with van der Waals surface area (Å²) in [6, 6.07) is 6.45. The molecule has 1 atom stereocenters. The SMILES string of the molecule is Cc1ccc(C(C)NCCC(C)(C)C#N)o1. The first-order chi connectivity index (χ1) is 7.44. The number of hydrogen-bond acceptors (Lipinski definition) is 3. The second-order valence-corrected chi connectivity index (χ2v) is 4.87. The van der Waals surface area contributed by atoms with E-state index >= 15 is 0 Å². The van der Waals surface area contributed by atoms with Crippen LogP contribution in [-0.2, 0) is 0 Å². The maximum absolute atomic E-state index is 8.88.